The molecule has 0 saturated carbocycles. The summed E-state index contributed by atoms with van der Waals surface area (Å²) in [4.78, 5) is 0. The van der Waals surface area contributed by atoms with Gasteiger partial charge >= 0.3 is 0 Å². The fourth-order valence-electron chi connectivity index (χ4n) is 2.69. The van der Waals surface area contributed by atoms with Gasteiger partial charge < -0.3 is 0 Å². The number of hydrogen-bond donors (Lipinski definition) is 0. The van der Waals surface area contributed by atoms with Crippen molar-refractivity contribution in [1.29, 1.82) is 0 Å². The number of benzene rings is 1. The van der Waals surface area contributed by atoms with E-state index in [0.29, 0.717) is 5.92 Å². The lowest BCUT2D eigenvalue weighted by atomic mass is 9.83. The fraction of sp³-hybridized carbons (Fsp3) is 0.176. The van der Waals surface area contributed by atoms with Gasteiger partial charge in [-0.1, -0.05) is 65.8 Å². The third kappa shape index (κ3) is 1.80. The van der Waals surface area contributed by atoms with Crippen LogP contribution in [0.15, 0.2) is 71.4 Å². The van der Waals surface area contributed by atoms with Crippen LogP contribution in [0, 0.1) is 5.92 Å². The summed E-state index contributed by atoms with van der Waals surface area (Å²) < 4.78 is 0. The first-order chi connectivity index (χ1) is 8.24. The second kappa shape index (κ2) is 3.89. The van der Waals surface area contributed by atoms with Gasteiger partial charge in [0.15, 0.2) is 0 Å². The molecule has 3 rings (SSSR count). The Labute approximate surface area is 103 Å². The summed E-state index contributed by atoms with van der Waals surface area (Å²) in [6.07, 6.45) is 9.26. The van der Waals surface area contributed by atoms with Gasteiger partial charge in [0.2, 0.25) is 0 Å². The molecule has 0 bridgehead atoms. The molecule has 0 heterocycles. The van der Waals surface area contributed by atoms with Crippen LogP contribution in [0.3, 0.4) is 0 Å². The zero-order chi connectivity index (χ0) is 11.8. The van der Waals surface area contributed by atoms with Crippen LogP contribution in [0.5, 0.6) is 0 Å². The molecule has 0 N–H and O–H groups in total. The van der Waals surface area contributed by atoms with Crippen LogP contribution in [-0.2, 0) is 0 Å². The van der Waals surface area contributed by atoms with Crippen LogP contribution in [0.1, 0.15) is 19.4 Å². The van der Waals surface area contributed by atoms with Gasteiger partial charge in [0.05, 0.1) is 0 Å². The minimum Gasteiger partial charge on any atom is -0.0697 e. The maximum absolute atomic E-state index is 2.36. The Morgan fingerprint density at radius 2 is 1.59 bits per heavy atom. The number of allylic oxidation sites excluding steroid dienone is 8. The van der Waals surface area contributed by atoms with Crippen molar-refractivity contribution in [2.45, 2.75) is 13.8 Å². The summed E-state index contributed by atoms with van der Waals surface area (Å²) in [7, 11) is 0. The fourth-order valence-corrected chi connectivity index (χ4v) is 2.69. The van der Waals surface area contributed by atoms with E-state index < -0.39 is 0 Å². The predicted octanol–water partition coefficient (Wildman–Crippen LogP) is 4.53. The van der Waals surface area contributed by atoms with Gasteiger partial charge in [0, 0.05) is 5.92 Å². The summed E-state index contributed by atoms with van der Waals surface area (Å²) in [5, 5.41) is 0. The molecule has 0 spiro atoms. The van der Waals surface area contributed by atoms with E-state index in [2.05, 4.69) is 68.5 Å². The molecule has 0 heteroatoms. The van der Waals surface area contributed by atoms with Gasteiger partial charge in [-0.3, -0.25) is 0 Å². The third-order valence-electron chi connectivity index (χ3n) is 3.40. The average Bonchev–Trinajstić information content (AvgIpc) is 2.69. The van der Waals surface area contributed by atoms with E-state index in [1.807, 2.05) is 0 Å². The minimum atomic E-state index is 0.459. The van der Waals surface area contributed by atoms with Gasteiger partial charge in [-0.2, -0.15) is 0 Å². The topological polar surface area (TPSA) is 0 Å². The van der Waals surface area contributed by atoms with E-state index in [1.54, 1.807) is 0 Å². The normalized spacial score (nSPS) is 22.4. The van der Waals surface area contributed by atoms with Crippen molar-refractivity contribution in [3.63, 3.8) is 0 Å². The summed E-state index contributed by atoms with van der Waals surface area (Å²) in [6, 6.07) is 10.7. The maximum Gasteiger partial charge on any atom is 0.0281 e. The van der Waals surface area contributed by atoms with Crippen molar-refractivity contribution in [3.8, 4) is 0 Å². The Morgan fingerprint density at radius 3 is 2.35 bits per heavy atom. The molecule has 0 fully saturated rings. The zero-order valence-electron chi connectivity index (χ0n) is 10.3. The highest BCUT2D eigenvalue weighted by molar-refractivity contribution is 5.78. The van der Waals surface area contributed by atoms with Crippen molar-refractivity contribution in [3.05, 3.63) is 76.9 Å². The summed E-state index contributed by atoms with van der Waals surface area (Å²) >= 11 is 0. The summed E-state index contributed by atoms with van der Waals surface area (Å²) in [5.74, 6) is 0.459. The standard InChI is InChI=1S/C17H16/c1-12-8-15-9-13(2)11-17(15)16(10-12)14-6-4-3-5-7-14/h3-11,17H,1-2H3. The van der Waals surface area contributed by atoms with Crippen molar-refractivity contribution in [1.82, 2.24) is 0 Å². The maximum atomic E-state index is 2.36. The number of hydrogen-bond acceptors (Lipinski definition) is 0. The molecule has 2 aliphatic rings. The van der Waals surface area contributed by atoms with Gasteiger partial charge in [0.25, 0.3) is 0 Å². The first-order valence-electron chi connectivity index (χ1n) is 6.09. The van der Waals surface area contributed by atoms with E-state index in [-0.39, 0.29) is 0 Å². The van der Waals surface area contributed by atoms with Crippen LogP contribution >= 0.6 is 0 Å². The Morgan fingerprint density at radius 1 is 0.824 bits per heavy atom. The molecule has 0 radical (unpaired) electrons. The van der Waals surface area contributed by atoms with Gasteiger partial charge in [0.1, 0.15) is 0 Å². The molecule has 2 aliphatic carbocycles. The van der Waals surface area contributed by atoms with Crippen LogP contribution in [0.2, 0.25) is 0 Å². The van der Waals surface area contributed by atoms with Crippen molar-refractivity contribution in [2.75, 3.05) is 0 Å². The highest BCUT2D eigenvalue weighted by Gasteiger charge is 2.23. The second-order valence-electron chi connectivity index (χ2n) is 4.89. The molecular formula is C17H16. The number of fused-ring (bicyclic) bond motifs is 1. The van der Waals surface area contributed by atoms with Crippen LogP contribution < -0.4 is 0 Å². The van der Waals surface area contributed by atoms with Gasteiger partial charge in [-0.05, 0) is 30.6 Å². The Bertz CT molecular complexity index is 565. The SMILES string of the molecule is CC1=CC2=CC(C)=CC2C(c2ccccc2)=C1. The molecular weight excluding hydrogens is 204 g/mol. The molecule has 0 saturated heterocycles. The van der Waals surface area contributed by atoms with E-state index in [0.717, 1.165) is 0 Å². The lowest BCUT2D eigenvalue weighted by Gasteiger charge is -2.21. The smallest absolute Gasteiger partial charge is 0.0281 e. The molecule has 1 unspecified atom stereocenters. The molecule has 1 aromatic carbocycles. The molecule has 0 amide bonds. The highest BCUT2D eigenvalue weighted by atomic mass is 14.3. The molecule has 1 aromatic rings. The van der Waals surface area contributed by atoms with Crippen LogP contribution in [0.25, 0.3) is 5.57 Å². The Kier molecular flexibility index (Phi) is 2.36. The molecule has 17 heavy (non-hydrogen) atoms. The molecule has 0 aromatic heterocycles. The quantitative estimate of drug-likeness (QED) is 0.652. The minimum absolute atomic E-state index is 0.459. The lowest BCUT2D eigenvalue weighted by molar-refractivity contribution is 1.03. The summed E-state index contributed by atoms with van der Waals surface area (Å²) in [5.41, 5.74) is 6.91. The lowest BCUT2D eigenvalue weighted by Crippen LogP contribution is -2.05. The third-order valence-corrected chi connectivity index (χ3v) is 3.40. The van der Waals surface area contributed by atoms with E-state index in [4.69, 9.17) is 0 Å². The van der Waals surface area contributed by atoms with Crippen molar-refractivity contribution < 1.29 is 0 Å². The number of rotatable bonds is 1. The van der Waals surface area contributed by atoms with E-state index >= 15 is 0 Å². The van der Waals surface area contributed by atoms with Crippen LogP contribution in [0.4, 0.5) is 0 Å². The first kappa shape index (κ1) is 10.3. The van der Waals surface area contributed by atoms with Gasteiger partial charge in [-0.25, -0.2) is 0 Å². The van der Waals surface area contributed by atoms with Crippen LogP contribution in [-0.4, -0.2) is 0 Å². The van der Waals surface area contributed by atoms with Crippen molar-refractivity contribution >= 4 is 5.57 Å². The predicted molar refractivity (Wildman–Crippen MR) is 73.5 cm³/mol. The first-order valence-corrected chi connectivity index (χ1v) is 6.09. The Balaban J connectivity index is 2.11. The highest BCUT2D eigenvalue weighted by Crippen LogP contribution is 2.40. The van der Waals surface area contributed by atoms with E-state index in [9.17, 15) is 0 Å². The van der Waals surface area contributed by atoms with Crippen molar-refractivity contribution in [2.24, 2.45) is 5.92 Å². The molecule has 1 atom stereocenters. The van der Waals surface area contributed by atoms with E-state index in [1.165, 1.54) is 27.9 Å². The zero-order valence-corrected chi connectivity index (χ0v) is 10.3. The molecule has 84 valence electrons. The largest absolute Gasteiger partial charge is 0.0697 e. The summed E-state index contributed by atoms with van der Waals surface area (Å²) in [6.45, 7) is 4.35. The van der Waals surface area contributed by atoms with Gasteiger partial charge in [-0.15, -0.1) is 0 Å². The Hall–Kier alpha value is -1.82. The second-order valence-corrected chi connectivity index (χ2v) is 4.89. The molecule has 0 nitrogen and oxygen atoms in total. The monoisotopic (exact) mass is 220 g/mol. The molecule has 0 aliphatic heterocycles. The average molecular weight is 220 g/mol.